The van der Waals surface area contributed by atoms with Gasteiger partial charge in [-0.1, -0.05) is 36.4 Å². The highest BCUT2D eigenvalue weighted by atomic mass is 16.4. The molecule has 0 spiro atoms. The number of aromatic nitrogens is 1. The van der Waals surface area contributed by atoms with Gasteiger partial charge < -0.3 is 15.0 Å². The summed E-state index contributed by atoms with van der Waals surface area (Å²) in [4.78, 5) is 3.38. The number of hydrogen-bond donors (Lipinski definition) is 3. The van der Waals surface area contributed by atoms with E-state index in [9.17, 15) is 0 Å². The van der Waals surface area contributed by atoms with E-state index < -0.39 is 7.69 Å². The van der Waals surface area contributed by atoms with Gasteiger partial charge in [0.1, 0.15) is 0 Å². The number of benzene rings is 2. The number of para-hydroxylation sites is 2. The summed E-state index contributed by atoms with van der Waals surface area (Å²) in [5, 5.41) is 16.9. The zero-order chi connectivity index (χ0) is 11.4. The Morgan fingerprint density at radius 2 is 1.12 bits per heavy atom. The maximum Gasteiger partial charge on any atom is 0.432 e. The van der Waals surface area contributed by atoms with Gasteiger partial charge >= 0.3 is 7.69 Å². The molecule has 0 fully saturated rings. The molecular weight excluding hydrogens is 201 g/mol. The van der Waals surface area contributed by atoms with E-state index in [0.29, 0.717) is 0 Å². The lowest BCUT2D eigenvalue weighted by Crippen LogP contribution is -1.75. The Bertz CT molecular complexity index is 541. The molecule has 3 nitrogen and oxygen atoms in total. The largest absolute Gasteiger partial charge is 0.432 e. The van der Waals surface area contributed by atoms with Gasteiger partial charge in [0.25, 0.3) is 0 Å². The van der Waals surface area contributed by atoms with Crippen molar-refractivity contribution in [1.29, 1.82) is 0 Å². The Hall–Kier alpha value is -1.78. The van der Waals surface area contributed by atoms with Crippen molar-refractivity contribution in [2.75, 3.05) is 0 Å². The first-order valence-corrected chi connectivity index (χ1v) is 5.04. The monoisotopic (exact) mass is 213 g/mol. The topological polar surface area (TPSA) is 56.2 Å². The van der Waals surface area contributed by atoms with Crippen LogP contribution in [0.2, 0.25) is 0 Å². The fraction of sp³-hybridized carbons (Fsp3) is 0. The van der Waals surface area contributed by atoms with E-state index in [4.69, 9.17) is 10.0 Å². The molecule has 0 unspecified atom stereocenters. The minimum atomic E-state index is -0.750. The predicted octanol–water partition coefficient (Wildman–Crippen LogP) is 1.56. The van der Waals surface area contributed by atoms with Gasteiger partial charge in [-0.05, 0) is 12.1 Å². The van der Waals surface area contributed by atoms with Crippen LogP contribution in [0.1, 0.15) is 0 Å². The maximum atomic E-state index is 7.12. The molecule has 0 amide bonds. The van der Waals surface area contributed by atoms with Crippen molar-refractivity contribution < 1.29 is 10.0 Å². The molecule has 3 rings (SSSR count). The molecule has 2 aromatic carbocycles. The summed E-state index contributed by atoms with van der Waals surface area (Å²) in [5.41, 5.74) is 2.42. The van der Waals surface area contributed by atoms with Gasteiger partial charge in [-0.3, -0.25) is 0 Å². The van der Waals surface area contributed by atoms with Crippen molar-refractivity contribution >= 4 is 29.5 Å². The van der Waals surface area contributed by atoms with Crippen molar-refractivity contribution in [1.82, 2.24) is 4.98 Å². The van der Waals surface area contributed by atoms with E-state index in [1.54, 1.807) is 0 Å². The van der Waals surface area contributed by atoms with Crippen LogP contribution in [-0.2, 0) is 0 Å². The van der Waals surface area contributed by atoms with Crippen LogP contribution in [0.25, 0.3) is 21.8 Å². The molecule has 0 aliphatic carbocycles. The van der Waals surface area contributed by atoms with Crippen LogP contribution in [-0.4, -0.2) is 22.7 Å². The highest BCUT2D eigenvalue weighted by Crippen LogP contribution is 2.24. The van der Waals surface area contributed by atoms with Crippen molar-refractivity contribution in [2.45, 2.75) is 0 Å². The summed E-state index contributed by atoms with van der Waals surface area (Å²) < 4.78 is 0. The smallest absolute Gasteiger partial charge is 0.430 e. The highest BCUT2D eigenvalue weighted by molar-refractivity contribution is 6.13. The molecule has 0 aliphatic rings. The normalized spacial score (nSPS) is 9.88. The average Bonchev–Trinajstić information content (AvgIpc) is 2.68. The van der Waals surface area contributed by atoms with Gasteiger partial charge in [-0.25, -0.2) is 0 Å². The fourth-order valence-electron chi connectivity index (χ4n) is 1.80. The molecule has 4 heteroatoms. The minimum Gasteiger partial charge on any atom is -0.430 e. The SMILES string of the molecule is OBO.c1ccc2c(c1)[nH]c1ccccc12. The lowest BCUT2D eigenvalue weighted by molar-refractivity contribution is 0.448. The van der Waals surface area contributed by atoms with Crippen LogP contribution < -0.4 is 0 Å². The van der Waals surface area contributed by atoms with Crippen LogP contribution in [0, 0.1) is 0 Å². The van der Waals surface area contributed by atoms with Gasteiger partial charge in [0, 0.05) is 21.8 Å². The van der Waals surface area contributed by atoms with Gasteiger partial charge in [-0.2, -0.15) is 0 Å². The Kier molecular flexibility index (Phi) is 3.24. The Morgan fingerprint density at radius 1 is 0.750 bits per heavy atom. The van der Waals surface area contributed by atoms with Crippen LogP contribution in [0.4, 0.5) is 0 Å². The molecule has 1 aromatic heterocycles. The molecule has 0 bridgehead atoms. The number of aromatic amines is 1. The first-order valence-electron chi connectivity index (χ1n) is 5.04. The average molecular weight is 213 g/mol. The van der Waals surface area contributed by atoms with Crippen molar-refractivity contribution in [3.05, 3.63) is 48.5 Å². The summed E-state index contributed by atoms with van der Waals surface area (Å²) in [7, 11) is -0.750. The number of fused-ring (bicyclic) bond motifs is 3. The van der Waals surface area contributed by atoms with Crippen molar-refractivity contribution in [3.63, 3.8) is 0 Å². The highest BCUT2D eigenvalue weighted by Gasteiger charge is 2.00. The van der Waals surface area contributed by atoms with Crippen LogP contribution >= 0.6 is 0 Å². The predicted molar refractivity (Wildman–Crippen MR) is 67.4 cm³/mol. The van der Waals surface area contributed by atoms with E-state index in [1.165, 1.54) is 21.8 Å². The summed E-state index contributed by atoms with van der Waals surface area (Å²) in [6.45, 7) is 0. The third kappa shape index (κ3) is 1.93. The molecule has 16 heavy (non-hydrogen) atoms. The summed E-state index contributed by atoms with van der Waals surface area (Å²) >= 11 is 0. The number of hydrogen-bond acceptors (Lipinski definition) is 2. The van der Waals surface area contributed by atoms with Crippen molar-refractivity contribution in [2.24, 2.45) is 0 Å². The zero-order valence-corrected chi connectivity index (χ0v) is 8.72. The van der Waals surface area contributed by atoms with E-state index in [0.717, 1.165) is 0 Å². The lowest BCUT2D eigenvalue weighted by atomic mass is 10.2. The van der Waals surface area contributed by atoms with Gasteiger partial charge in [0.05, 0.1) is 0 Å². The van der Waals surface area contributed by atoms with Crippen molar-refractivity contribution in [3.8, 4) is 0 Å². The zero-order valence-electron chi connectivity index (χ0n) is 8.72. The molecule has 0 saturated heterocycles. The quantitative estimate of drug-likeness (QED) is 0.496. The molecule has 1 heterocycles. The summed E-state index contributed by atoms with van der Waals surface area (Å²) in [6, 6.07) is 16.8. The first kappa shape index (κ1) is 10.7. The van der Waals surface area contributed by atoms with Crippen LogP contribution in [0.15, 0.2) is 48.5 Å². The third-order valence-electron chi connectivity index (χ3n) is 2.41. The third-order valence-corrected chi connectivity index (χ3v) is 2.41. The van der Waals surface area contributed by atoms with Gasteiger partial charge in [0.2, 0.25) is 0 Å². The van der Waals surface area contributed by atoms with E-state index in [2.05, 4.69) is 53.5 Å². The van der Waals surface area contributed by atoms with E-state index in [1.807, 2.05) is 0 Å². The molecule has 80 valence electrons. The maximum absolute atomic E-state index is 7.12. The van der Waals surface area contributed by atoms with Gasteiger partial charge in [-0.15, -0.1) is 0 Å². The number of rotatable bonds is 0. The second kappa shape index (κ2) is 4.83. The molecule has 3 N–H and O–H groups in total. The standard InChI is InChI=1S/C12H9N.BH3O2/c1-3-7-11-9(5-1)10-6-2-4-8-12(10)13-11;2-1-3/h1-8,13H;1-3H. The van der Waals surface area contributed by atoms with Crippen LogP contribution in [0.5, 0.6) is 0 Å². The Labute approximate surface area is 93.7 Å². The molecule has 0 atom stereocenters. The molecule has 0 saturated carbocycles. The van der Waals surface area contributed by atoms with Gasteiger partial charge in [0.15, 0.2) is 0 Å². The summed E-state index contributed by atoms with van der Waals surface area (Å²) in [6.07, 6.45) is 0. The molecular formula is C12H12BNO2. The molecule has 0 radical (unpaired) electrons. The first-order chi connectivity index (χ1) is 7.86. The number of H-pyrrole nitrogens is 1. The summed E-state index contributed by atoms with van der Waals surface area (Å²) in [5.74, 6) is 0. The Balaban J connectivity index is 0.000000292. The molecule has 0 aliphatic heterocycles. The van der Waals surface area contributed by atoms with E-state index >= 15 is 0 Å². The van der Waals surface area contributed by atoms with E-state index in [-0.39, 0.29) is 0 Å². The number of nitrogens with one attached hydrogen (secondary N) is 1. The minimum absolute atomic E-state index is 0.750. The second-order valence-electron chi connectivity index (χ2n) is 3.36. The lowest BCUT2D eigenvalue weighted by Gasteiger charge is -1.87. The fourth-order valence-corrected chi connectivity index (χ4v) is 1.80. The Morgan fingerprint density at radius 3 is 1.56 bits per heavy atom. The molecule has 3 aromatic rings. The van der Waals surface area contributed by atoms with Crippen LogP contribution in [0.3, 0.4) is 0 Å². The second-order valence-corrected chi connectivity index (χ2v) is 3.36.